The Bertz CT molecular complexity index is 268. The average Bonchev–Trinajstić information content (AvgIpc) is 2.44. The van der Waals surface area contributed by atoms with Crippen LogP contribution in [0.5, 0.6) is 0 Å². The van der Waals surface area contributed by atoms with Gasteiger partial charge in [0.1, 0.15) is 0 Å². The van der Waals surface area contributed by atoms with E-state index in [2.05, 4.69) is 30.3 Å². The van der Waals surface area contributed by atoms with Crippen molar-refractivity contribution in [3.05, 3.63) is 35.9 Å². The minimum absolute atomic E-state index is 0.448. The molecule has 1 saturated carbocycles. The molecule has 0 aromatic heterocycles. The normalized spacial score (nSPS) is 28.4. The summed E-state index contributed by atoms with van der Waals surface area (Å²) in [7, 11) is 0. The highest BCUT2D eigenvalue weighted by Gasteiger charge is 2.17. The zero-order valence-electron chi connectivity index (χ0n) is 8.65. The minimum atomic E-state index is 0.448. The fourth-order valence-corrected chi connectivity index (χ4v) is 2.39. The van der Waals surface area contributed by atoms with E-state index in [1.165, 1.54) is 37.7 Å². The number of benzene rings is 1. The summed E-state index contributed by atoms with van der Waals surface area (Å²) in [5.41, 5.74) is 7.48. The molecule has 0 unspecified atom stereocenters. The van der Waals surface area contributed by atoms with Gasteiger partial charge >= 0.3 is 0 Å². The van der Waals surface area contributed by atoms with Crippen LogP contribution in [0.15, 0.2) is 30.3 Å². The third-order valence-corrected chi connectivity index (χ3v) is 3.28. The van der Waals surface area contributed by atoms with Crippen LogP contribution in [0, 0.1) is 0 Å². The second-order valence-electron chi connectivity index (χ2n) is 4.38. The molecule has 2 N–H and O–H groups in total. The largest absolute Gasteiger partial charge is 0.328 e. The second-order valence-corrected chi connectivity index (χ2v) is 4.38. The summed E-state index contributed by atoms with van der Waals surface area (Å²) in [5, 5.41) is 0. The van der Waals surface area contributed by atoms with Crippen molar-refractivity contribution in [3.8, 4) is 0 Å². The van der Waals surface area contributed by atoms with Gasteiger partial charge in [0, 0.05) is 6.04 Å². The number of hydrogen-bond donors (Lipinski definition) is 1. The zero-order valence-corrected chi connectivity index (χ0v) is 8.65. The van der Waals surface area contributed by atoms with Crippen LogP contribution < -0.4 is 5.73 Å². The fourth-order valence-electron chi connectivity index (χ4n) is 2.39. The topological polar surface area (TPSA) is 26.0 Å². The standard InChI is InChI=1S/C13H19N/c14-13-8-4-7-12(9-10-13)11-5-2-1-3-6-11/h1-3,5-6,12-13H,4,7-10,14H2/t12-,13-/m1/s1. The van der Waals surface area contributed by atoms with E-state index in [1.54, 1.807) is 0 Å². The van der Waals surface area contributed by atoms with E-state index in [0.29, 0.717) is 6.04 Å². The van der Waals surface area contributed by atoms with E-state index in [1.807, 2.05) is 0 Å². The SMILES string of the molecule is N[C@@H]1CCC[C@@H](c2ccccc2)CC1. The minimum Gasteiger partial charge on any atom is -0.328 e. The van der Waals surface area contributed by atoms with Gasteiger partial charge in [-0.1, -0.05) is 36.8 Å². The first-order chi connectivity index (χ1) is 6.86. The Balaban J connectivity index is 2.04. The summed E-state index contributed by atoms with van der Waals surface area (Å²) in [6.07, 6.45) is 6.28. The Hall–Kier alpha value is -0.820. The van der Waals surface area contributed by atoms with Crippen molar-refractivity contribution in [3.63, 3.8) is 0 Å². The molecule has 1 nitrogen and oxygen atoms in total. The van der Waals surface area contributed by atoms with Crippen molar-refractivity contribution in [2.75, 3.05) is 0 Å². The molecule has 2 rings (SSSR count). The first-order valence-electron chi connectivity index (χ1n) is 5.67. The molecule has 0 aliphatic heterocycles. The Kier molecular flexibility index (Phi) is 3.20. The first-order valence-corrected chi connectivity index (χ1v) is 5.67. The van der Waals surface area contributed by atoms with Gasteiger partial charge in [-0.15, -0.1) is 0 Å². The van der Waals surface area contributed by atoms with Gasteiger partial charge in [0.2, 0.25) is 0 Å². The molecular weight excluding hydrogens is 170 g/mol. The van der Waals surface area contributed by atoms with Gasteiger partial charge in [-0.2, -0.15) is 0 Å². The van der Waals surface area contributed by atoms with Crippen molar-refractivity contribution in [2.24, 2.45) is 5.73 Å². The van der Waals surface area contributed by atoms with E-state index in [-0.39, 0.29) is 0 Å². The summed E-state index contributed by atoms with van der Waals surface area (Å²) in [6, 6.07) is 11.3. The Morgan fingerprint density at radius 3 is 2.50 bits per heavy atom. The van der Waals surface area contributed by atoms with Gasteiger partial charge in [-0.25, -0.2) is 0 Å². The van der Waals surface area contributed by atoms with Crippen LogP contribution in [0.2, 0.25) is 0 Å². The smallest absolute Gasteiger partial charge is 0.00390 e. The quantitative estimate of drug-likeness (QED) is 0.675. The summed E-state index contributed by atoms with van der Waals surface area (Å²) in [5.74, 6) is 0.754. The van der Waals surface area contributed by atoms with Crippen LogP contribution in [0.4, 0.5) is 0 Å². The average molecular weight is 189 g/mol. The Morgan fingerprint density at radius 2 is 1.71 bits per heavy atom. The summed E-state index contributed by atoms with van der Waals surface area (Å²) >= 11 is 0. The van der Waals surface area contributed by atoms with E-state index in [4.69, 9.17) is 5.73 Å². The van der Waals surface area contributed by atoms with Gasteiger partial charge in [0.15, 0.2) is 0 Å². The molecule has 1 fully saturated rings. The molecule has 0 radical (unpaired) electrons. The zero-order chi connectivity index (χ0) is 9.80. The molecule has 0 heterocycles. The maximum absolute atomic E-state index is 5.98. The van der Waals surface area contributed by atoms with Gasteiger partial charge in [-0.3, -0.25) is 0 Å². The molecule has 0 amide bonds. The molecule has 76 valence electrons. The van der Waals surface area contributed by atoms with Crippen LogP contribution in [0.1, 0.15) is 43.6 Å². The predicted octanol–water partition coefficient (Wildman–Crippen LogP) is 3.06. The van der Waals surface area contributed by atoms with Crippen molar-refractivity contribution >= 4 is 0 Å². The van der Waals surface area contributed by atoms with Crippen molar-refractivity contribution in [1.29, 1.82) is 0 Å². The molecule has 1 aliphatic rings. The molecule has 0 saturated heterocycles. The van der Waals surface area contributed by atoms with Gasteiger partial charge in [-0.05, 0) is 37.2 Å². The Labute approximate surface area is 86.3 Å². The molecule has 0 spiro atoms. The Morgan fingerprint density at radius 1 is 0.929 bits per heavy atom. The van der Waals surface area contributed by atoms with Gasteiger partial charge in [0.25, 0.3) is 0 Å². The monoisotopic (exact) mass is 189 g/mol. The third kappa shape index (κ3) is 2.36. The number of rotatable bonds is 1. The summed E-state index contributed by atoms with van der Waals surface area (Å²) in [4.78, 5) is 0. The molecule has 1 aromatic rings. The van der Waals surface area contributed by atoms with Gasteiger partial charge < -0.3 is 5.73 Å². The van der Waals surface area contributed by atoms with Crippen LogP contribution in [0.3, 0.4) is 0 Å². The molecule has 1 aliphatic carbocycles. The highest BCUT2D eigenvalue weighted by Crippen LogP contribution is 2.30. The lowest BCUT2D eigenvalue weighted by Crippen LogP contribution is -2.17. The van der Waals surface area contributed by atoms with Crippen molar-refractivity contribution in [2.45, 2.75) is 44.1 Å². The lowest BCUT2D eigenvalue weighted by molar-refractivity contribution is 0.568. The van der Waals surface area contributed by atoms with Crippen LogP contribution in [-0.2, 0) is 0 Å². The lowest BCUT2D eigenvalue weighted by atomic mass is 9.92. The maximum atomic E-state index is 5.98. The summed E-state index contributed by atoms with van der Waals surface area (Å²) < 4.78 is 0. The maximum Gasteiger partial charge on any atom is 0.00390 e. The molecule has 1 heteroatoms. The van der Waals surface area contributed by atoms with Crippen LogP contribution in [0.25, 0.3) is 0 Å². The fraction of sp³-hybridized carbons (Fsp3) is 0.538. The number of hydrogen-bond acceptors (Lipinski definition) is 1. The molecule has 14 heavy (non-hydrogen) atoms. The lowest BCUT2D eigenvalue weighted by Gasteiger charge is -2.14. The van der Waals surface area contributed by atoms with E-state index in [0.717, 1.165) is 5.92 Å². The highest BCUT2D eigenvalue weighted by molar-refractivity contribution is 5.19. The third-order valence-electron chi connectivity index (χ3n) is 3.28. The van der Waals surface area contributed by atoms with E-state index in [9.17, 15) is 0 Å². The van der Waals surface area contributed by atoms with Gasteiger partial charge in [0.05, 0.1) is 0 Å². The molecule has 0 bridgehead atoms. The molecule has 1 aromatic carbocycles. The van der Waals surface area contributed by atoms with Crippen molar-refractivity contribution in [1.82, 2.24) is 0 Å². The second kappa shape index (κ2) is 4.61. The van der Waals surface area contributed by atoms with Crippen molar-refractivity contribution < 1.29 is 0 Å². The summed E-state index contributed by atoms with van der Waals surface area (Å²) in [6.45, 7) is 0. The molecular formula is C13H19N. The predicted molar refractivity (Wildman–Crippen MR) is 60.2 cm³/mol. The highest BCUT2D eigenvalue weighted by atomic mass is 14.6. The van der Waals surface area contributed by atoms with Crippen LogP contribution >= 0.6 is 0 Å². The van der Waals surface area contributed by atoms with E-state index < -0.39 is 0 Å². The number of nitrogens with two attached hydrogens (primary N) is 1. The van der Waals surface area contributed by atoms with Crippen LogP contribution in [-0.4, -0.2) is 6.04 Å². The first kappa shape index (κ1) is 9.72. The van der Waals surface area contributed by atoms with E-state index >= 15 is 0 Å². The molecule has 2 atom stereocenters.